The minimum Gasteiger partial charge on any atom is -0.472 e. The van der Waals surface area contributed by atoms with Crippen molar-refractivity contribution in [2.45, 2.75) is 25.8 Å². The van der Waals surface area contributed by atoms with Crippen LogP contribution in [0.15, 0.2) is 29.1 Å². The second-order valence-corrected chi connectivity index (χ2v) is 4.92. The van der Waals surface area contributed by atoms with Crippen molar-refractivity contribution in [3.8, 4) is 6.07 Å². The van der Waals surface area contributed by atoms with Gasteiger partial charge in [-0.05, 0) is 37.0 Å². The van der Waals surface area contributed by atoms with E-state index in [9.17, 15) is 5.26 Å². The molecule has 0 atom stereocenters. The van der Waals surface area contributed by atoms with Gasteiger partial charge >= 0.3 is 0 Å². The van der Waals surface area contributed by atoms with Gasteiger partial charge in [0.05, 0.1) is 18.1 Å². The lowest BCUT2D eigenvalue weighted by molar-refractivity contribution is 0.563. The molecule has 2 heterocycles. The summed E-state index contributed by atoms with van der Waals surface area (Å²) in [6.45, 7) is 0.691. The number of hydrogen-bond acceptors (Lipinski definition) is 4. The van der Waals surface area contributed by atoms with Crippen molar-refractivity contribution in [2.75, 3.05) is 11.9 Å². The fraction of sp³-hybridized carbons (Fsp3) is 0.333. The van der Waals surface area contributed by atoms with Crippen LogP contribution in [0.4, 0.5) is 5.82 Å². The molecule has 0 saturated carbocycles. The zero-order valence-corrected chi connectivity index (χ0v) is 10.9. The zero-order valence-electron chi connectivity index (χ0n) is 10.9. The van der Waals surface area contributed by atoms with Crippen molar-refractivity contribution < 1.29 is 4.42 Å². The molecular weight excluding hydrogens is 238 g/mol. The van der Waals surface area contributed by atoms with Crippen LogP contribution in [-0.2, 0) is 19.4 Å². The molecule has 0 amide bonds. The van der Waals surface area contributed by atoms with Crippen molar-refractivity contribution in [3.05, 3.63) is 47.0 Å². The summed E-state index contributed by atoms with van der Waals surface area (Å²) in [7, 11) is 1.96. The van der Waals surface area contributed by atoms with Crippen molar-refractivity contribution in [1.82, 2.24) is 4.98 Å². The number of nitrogens with zero attached hydrogens (tertiary/aromatic N) is 3. The molecule has 0 N–H and O–H groups in total. The lowest BCUT2D eigenvalue weighted by atomic mass is 10.1. The number of aromatic nitrogens is 1. The van der Waals surface area contributed by atoms with E-state index in [-0.39, 0.29) is 0 Å². The van der Waals surface area contributed by atoms with Crippen LogP contribution in [0.25, 0.3) is 0 Å². The molecule has 0 unspecified atom stereocenters. The Morgan fingerprint density at radius 2 is 2.37 bits per heavy atom. The summed E-state index contributed by atoms with van der Waals surface area (Å²) in [6.07, 6.45) is 6.58. The molecule has 4 nitrogen and oxygen atoms in total. The van der Waals surface area contributed by atoms with Crippen molar-refractivity contribution in [1.29, 1.82) is 5.26 Å². The molecule has 2 aromatic heterocycles. The van der Waals surface area contributed by atoms with Crippen LogP contribution in [0.1, 0.15) is 28.8 Å². The Balaban J connectivity index is 1.93. The zero-order chi connectivity index (χ0) is 13.2. The van der Waals surface area contributed by atoms with Gasteiger partial charge < -0.3 is 9.32 Å². The maximum atomic E-state index is 9.29. The first kappa shape index (κ1) is 11.8. The van der Waals surface area contributed by atoms with Gasteiger partial charge in [0.1, 0.15) is 11.9 Å². The number of rotatable bonds is 3. The fourth-order valence-electron chi connectivity index (χ4n) is 2.57. The number of furan rings is 1. The summed E-state index contributed by atoms with van der Waals surface area (Å²) >= 11 is 0. The van der Waals surface area contributed by atoms with Gasteiger partial charge in [-0.15, -0.1) is 0 Å². The van der Waals surface area contributed by atoms with E-state index in [0.717, 1.165) is 36.3 Å². The van der Waals surface area contributed by atoms with Crippen LogP contribution in [0.3, 0.4) is 0 Å². The van der Waals surface area contributed by atoms with E-state index in [4.69, 9.17) is 4.42 Å². The van der Waals surface area contributed by atoms with Gasteiger partial charge in [0.2, 0.25) is 0 Å². The predicted octanol–water partition coefficient (Wildman–Crippen LogP) is 2.67. The standard InChI is InChI=1S/C15H15N3O/c1-18(9-11-5-6-19-10-11)15-13(8-16)7-12-3-2-4-14(12)17-15/h5-7,10H,2-4,9H2,1H3. The first-order valence-corrected chi connectivity index (χ1v) is 6.43. The van der Waals surface area contributed by atoms with Crippen LogP contribution in [0.5, 0.6) is 0 Å². The van der Waals surface area contributed by atoms with E-state index < -0.39 is 0 Å². The number of fused-ring (bicyclic) bond motifs is 1. The first-order valence-electron chi connectivity index (χ1n) is 6.43. The summed E-state index contributed by atoms with van der Waals surface area (Å²) in [6, 6.07) is 6.18. The van der Waals surface area contributed by atoms with Crippen LogP contribution in [-0.4, -0.2) is 12.0 Å². The minimum absolute atomic E-state index is 0.659. The number of anilines is 1. The SMILES string of the molecule is CN(Cc1ccoc1)c1nc2c(cc1C#N)CCC2. The second kappa shape index (κ2) is 4.77. The summed E-state index contributed by atoms with van der Waals surface area (Å²) < 4.78 is 5.07. The molecule has 0 bridgehead atoms. The van der Waals surface area contributed by atoms with E-state index >= 15 is 0 Å². The Bertz CT molecular complexity index is 626. The van der Waals surface area contributed by atoms with E-state index in [1.165, 1.54) is 5.56 Å². The highest BCUT2D eigenvalue weighted by molar-refractivity contribution is 5.56. The van der Waals surface area contributed by atoms with E-state index in [0.29, 0.717) is 12.1 Å². The molecule has 0 fully saturated rings. The average Bonchev–Trinajstić information content (AvgIpc) is 3.07. The van der Waals surface area contributed by atoms with Gasteiger partial charge in [-0.1, -0.05) is 0 Å². The maximum Gasteiger partial charge on any atom is 0.146 e. The molecule has 0 saturated heterocycles. The minimum atomic E-state index is 0.659. The van der Waals surface area contributed by atoms with Crippen LogP contribution >= 0.6 is 0 Å². The van der Waals surface area contributed by atoms with Crippen LogP contribution in [0.2, 0.25) is 0 Å². The molecule has 1 aliphatic carbocycles. The first-order chi connectivity index (χ1) is 9.28. The molecule has 0 aliphatic heterocycles. The quantitative estimate of drug-likeness (QED) is 0.843. The number of hydrogen-bond donors (Lipinski definition) is 0. The van der Waals surface area contributed by atoms with Crippen molar-refractivity contribution >= 4 is 5.82 Å². The highest BCUT2D eigenvalue weighted by Gasteiger charge is 2.18. The van der Waals surface area contributed by atoms with Crippen molar-refractivity contribution in [3.63, 3.8) is 0 Å². The highest BCUT2D eigenvalue weighted by atomic mass is 16.3. The topological polar surface area (TPSA) is 53.1 Å². The predicted molar refractivity (Wildman–Crippen MR) is 71.8 cm³/mol. The molecule has 4 heteroatoms. The third kappa shape index (κ3) is 2.19. The van der Waals surface area contributed by atoms with Crippen LogP contribution < -0.4 is 4.90 Å². The van der Waals surface area contributed by atoms with Gasteiger partial charge in [-0.2, -0.15) is 5.26 Å². The Labute approximate surface area is 112 Å². The third-order valence-corrected chi connectivity index (χ3v) is 3.51. The molecular formula is C15H15N3O. The Morgan fingerprint density at radius 3 is 3.11 bits per heavy atom. The monoisotopic (exact) mass is 253 g/mol. The van der Waals surface area contributed by atoms with E-state index in [1.54, 1.807) is 12.5 Å². The van der Waals surface area contributed by atoms with Gasteiger partial charge in [0.15, 0.2) is 0 Å². The largest absolute Gasteiger partial charge is 0.472 e. The Kier molecular flexibility index (Phi) is 2.96. The van der Waals surface area contributed by atoms with Gasteiger partial charge in [-0.25, -0.2) is 4.98 Å². The molecule has 0 spiro atoms. The summed E-state index contributed by atoms with van der Waals surface area (Å²) in [5, 5.41) is 9.29. The highest BCUT2D eigenvalue weighted by Crippen LogP contribution is 2.27. The smallest absolute Gasteiger partial charge is 0.146 e. The molecule has 2 aromatic rings. The van der Waals surface area contributed by atoms with E-state index in [1.807, 2.05) is 24.1 Å². The summed E-state index contributed by atoms with van der Waals surface area (Å²) in [5.74, 6) is 0.768. The fourth-order valence-corrected chi connectivity index (χ4v) is 2.57. The number of nitriles is 1. The summed E-state index contributed by atoms with van der Waals surface area (Å²) in [4.78, 5) is 6.68. The third-order valence-electron chi connectivity index (χ3n) is 3.51. The average molecular weight is 253 g/mol. The van der Waals surface area contributed by atoms with Crippen molar-refractivity contribution in [2.24, 2.45) is 0 Å². The van der Waals surface area contributed by atoms with Gasteiger partial charge in [-0.3, -0.25) is 0 Å². The maximum absolute atomic E-state index is 9.29. The molecule has 1 aliphatic rings. The van der Waals surface area contributed by atoms with Gasteiger partial charge in [0, 0.05) is 24.8 Å². The van der Waals surface area contributed by atoms with Gasteiger partial charge in [0.25, 0.3) is 0 Å². The molecule has 3 rings (SSSR count). The molecule has 96 valence electrons. The number of pyridine rings is 1. The normalized spacial score (nSPS) is 13.1. The molecule has 0 aromatic carbocycles. The Hall–Kier alpha value is -2.28. The molecule has 0 radical (unpaired) electrons. The summed E-state index contributed by atoms with van der Waals surface area (Å²) in [5.41, 5.74) is 4.12. The Morgan fingerprint density at radius 1 is 1.47 bits per heavy atom. The molecule has 19 heavy (non-hydrogen) atoms. The lowest BCUT2D eigenvalue weighted by Gasteiger charge is -2.19. The lowest BCUT2D eigenvalue weighted by Crippen LogP contribution is -2.19. The second-order valence-electron chi connectivity index (χ2n) is 4.92. The van der Waals surface area contributed by atoms with Crippen LogP contribution in [0, 0.1) is 11.3 Å². The number of aryl methyl sites for hydroxylation is 2. The van der Waals surface area contributed by atoms with E-state index in [2.05, 4.69) is 11.1 Å².